The number of hydrogen-bond donors (Lipinski definition) is 3. The summed E-state index contributed by atoms with van der Waals surface area (Å²) in [6.45, 7) is 13.3. The van der Waals surface area contributed by atoms with Gasteiger partial charge in [0, 0.05) is 12.6 Å². The van der Waals surface area contributed by atoms with E-state index in [0.717, 1.165) is 13.0 Å². The zero-order valence-corrected chi connectivity index (χ0v) is 19.0. The number of amides is 2. The Labute approximate surface area is 173 Å². The van der Waals surface area contributed by atoms with Crippen molar-refractivity contribution in [2.24, 2.45) is 23.3 Å². The van der Waals surface area contributed by atoms with E-state index >= 15 is 0 Å². The number of alkyl halides is 3. The van der Waals surface area contributed by atoms with Crippen molar-refractivity contribution in [2.45, 2.75) is 92.0 Å². The molecule has 29 heavy (non-hydrogen) atoms. The minimum atomic E-state index is -4.37. The Kier molecular flexibility index (Phi) is 15.0. The molecule has 2 amide bonds. The summed E-state index contributed by atoms with van der Waals surface area (Å²) in [6.07, 6.45) is -3.97. The Bertz CT molecular complexity index is 471. The molecule has 9 heteroatoms. The number of unbranched alkanes of at least 4 members (excludes halogenated alkanes) is 1. The highest BCUT2D eigenvalue weighted by Crippen LogP contribution is 2.24. The fraction of sp³-hybridized carbons (Fsp3) is 0.900. The second kappa shape index (κ2) is 14.6. The van der Waals surface area contributed by atoms with Crippen LogP contribution in [0.3, 0.4) is 0 Å². The maximum Gasteiger partial charge on any atom is 0.391 e. The SMILES string of the molecule is CCCCN(C(=O)C(N)C(C)C)C(C)C(=O)N[C@H](CC(F)(F)F)C(C)C.CCN. The minimum absolute atomic E-state index is 0.101. The molecular formula is C20H41F3N4O2. The molecule has 6 nitrogen and oxygen atoms in total. The van der Waals surface area contributed by atoms with Gasteiger partial charge in [0.15, 0.2) is 0 Å². The lowest BCUT2D eigenvalue weighted by Crippen LogP contribution is -2.56. The van der Waals surface area contributed by atoms with Gasteiger partial charge in [0.05, 0.1) is 12.5 Å². The largest absolute Gasteiger partial charge is 0.391 e. The first-order valence-electron chi connectivity index (χ1n) is 10.4. The lowest BCUT2D eigenvalue weighted by atomic mass is 9.99. The van der Waals surface area contributed by atoms with Crippen molar-refractivity contribution >= 4 is 11.8 Å². The van der Waals surface area contributed by atoms with E-state index in [4.69, 9.17) is 11.5 Å². The minimum Gasteiger partial charge on any atom is -0.351 e. The van der Waals surface area contributed by atoms with Gasteiger partial charge < -0.3 is 21.7 Å². The molecule has 3 atom stereocenters. The Morgan fingerprint density at radius 3 is 1.86 bits per heavy atom. The molecule has 0 spiro atoms. The Morgan fingerprint density at radius 1 is 1.03 bits per heavy atom. The molecule has 0 aliphatic heterocycles. The summed E-state index contributed by atoms with van der Waals surface area (Å²) >= 11 is 0. The summed E-state index contributed by atoms with van der Waals surface area (Å²) in [5.41, 5.74) is 10.8. The molecule has 0 rings (SSSR count). The van der Waals surface area contributed by atoms with Gasteiger partial charge in [-0.05, 0) is 31.7 Å². The predicted octanol–water partition coefficient (Wildman–Crippen LogP) is 3.05. The molecule has 0 aromatic carbocycles. The monoisotopic (exact) mass is 426 g/mol. The third kappa shape index (κ3) is 12.7. The first-order chi connectivity index (χ1) is 13.2. The number of halogens is 3. The molecule has 0 aliphatic rings. The average Bonchev–Trinajstić information content (AvgIpc) is 2.59. The predicted molar refractivity (Wildman–Crippen MR) is 111 cm³/mol. The van der Waals surface area contributed by atoms with Crippen LogP contribution in [-0.2, 0) is 9.59 Å². The highest BCUT2D eigenvalue weighted by Gasteiger charge is 2.36. The molecule has 0 saturated heterocycles. The van der Waals surface area contributed by atoms with Crippen LogP contribution < -0.4 is 16.8 Å². The molecule has 0 heterocycles. The van der Waals surface area contributed by atoms with E-state index in [1.165, 1.54) is 11.8 Å². The van der Waals surface area contributed by atoms with Crippen molar-refractivity contribution in [3.8, 4) is 0 Å². The fourth-order valence-electron chi connectivity index (χ4n) is 2.45. The molecule has 0 radical (unpaired) electrons. The normalized spacial score (nSPS) is 14.7. The van der Waals surface area contributed by atoms with E-state index in [2.05, 4.69) is 5.32 Å². The van der Waals surface area contributed by atoms with Crippen molar-refractivity contribution in [3.63, 3.8) is 0 Å². The quantitative estimate of drug-likeness (QED) is 0.500. The van der Waals surface area contributed by atoms with E-state index in [1.54, 1.807) is 13.8 Å². The maximum absolute atomic E-state index is 12.7. The van der Waals surface area contributed by atoms with Crippen LogP contribution in [0.15, 0.2) is 0 Å². The average molecular weight is 427 g/mol. The molecule has 0 aliphatic carbocycles. The molecule has 0 fully saturated rings. The van der Waals surface area contributed by atoms with Gasteiger partial charge in [0.1, 0.15) is 6.04 Å². The fourth-order valence-corrected chi connectivity index (χ4v) is 2.45. The molecule has 2 unspecified atom stereocenters. The van der Waals surface area contributed by atoms with Crippen molar-refractivity contribution < 1.29 is 22.8 Å². The first kappa shape index (κ1) is 29.8. The third-order valence-corrected chi connectivity index (χ3v) is 4.47. The van der Waals surface area contributed by atoms with Crippen LogP contribution in [0.25, 0.3) is 0 Å². The van der Waals surface area contributed by atoms with Gasteiger partial charge in [0.25, 0.3) is 0 Å². The lowest BCUT2D eigenvalue weighted by molar-refractivity contribution is -0.148. The second-order valence-corrected chi connectivity index (χ2v) is 7.92. The standard InChI is InChI=1S/C18H34F3N3O2.C2H7N/c1-7-8-9-24(17(26)15(22)12(4)5)13(6)16(25)23-14(11(2)3)10-18(19,20)21;1-2-3/h11-15H,7-10,22H2,1-6H3,(H,23,25);2-3H2,1H3/t13?,14-,15?;/m1./s1. The van der Waals surface area contributed by atoms with Gasteiger partial charge in [-0.25, -0.2) is 0 Å². The smallest absolute Gasteiger partial charge is 0.351 e. The Balaban J connectivity index is 0. The van der Waals surface area contributed by atoms with Gasteiger partial charge in [-0.3, -0.25) is 9.59 Å². The summed E-state index contributed by atoms with van der Waals surface area (Å²) in [4.78, 5) is 26.5. The Morgan fingerprint density at radius 2 is 1.52 bits per heavy atom. The molecule has 5 N–H and O–H groups in total. The third-order valence-electron chi connectivity index (χ3n) is 4.47. The van der Waals surface area contributed by atoms with Crippen LogP contribution in [0.1, 0.15) is 67.7 Å². The van der Waals surface area contributed by atoms with Gasteiger partial charge in [-0.15, -0.1) is 0 Å². The van der Waals surface area contributed by atoms with Gasteiger partial charge in [0.2, 0.25) is 11.8 Å². The number of nitrogens with zero attached hydrogens (tertiary/aromatic N) is 1. The van der Waals surface area contributed by atoms with Gasteiger partial charge >= 0.3 is 6.18 Å². The number of rotatable bonds is 10. The number of carbonyl (C=O) groups excluding carboxylic acids is 2. The van der Waals surface area contributed by atoms with E-state index in [0.29, 0.717) is 13.0 Å². The summed E-state index contributed by atoms with van der Waals surface area (Å²) in [5, 5.41) is 2.46. The zero-order chi connectivity index (χ0) is 23.4. The summed E-state index contributed by atoms with van der Waals surface area (Å²) < 4.78 is 38.2. The maximum atomic E-state index is 12.7. The zero-order valence-electron chi connectivity index (χ0n) is 19.0. The van der Waals surface area contributed by atoms with Crippen molar-refractivity contribution in [3.05, 3.63) is 0 Å². The topological polar surface area (TPSA) is 101 Å². The molecule has 0 bridgehead atoms. The highest BCUT2D eigenvalue weighted by atomic mass is 19.4. The number of nitrogens with two attached hydrogens (primary N) is 2. The van der Waals surface area contributed by atoms with Crippen molar-refractivity contribution in [2.75, 3.05) is 13.1 Å². The van der Waals surface area contributed by atoms with Crippen molar-refractivity contribution in [1.29, 1.82) is 0 Å². The summed E-state index contributed by atoms with van der Waals surface area (Å²) in [6, 6.07) is -2.67. The van der Waals surface area contributed by atoms with Crippen molar-refractivity contribution in [1.82, 2.24) is 10.2 Å². The van der Waals surface area contributed by atoms with E-state index in [1.807, 2.05) is 27.7 Å². The molecule has 174 valence electrons. The number of nitrogens with one attached hydrogen (secondary N) is 1. The van der Waals surface area contributed by atoms with E-state index in [9.17, 15) is 22.8 Å². The molecule has 0 aromatic heterocycles. The van der Waals surface area contributed by atoms with Crippen LogP contribution in [0.5, 0.6) is 0 Å². The number of carbonyl (C=O) groups is 2. The van der Waals surface area contributed by atoms with Crippen LogP contribution in [0.2, 0.25) is 0 Å². The summed E-state index contributed by atoms with van der Waals surface area (Å²) in [5.74, 6) is -1.43. The molecule has 0 aromatic rings. The van der Waals surface area contributed by atoms with Crippen LogP contribution in [0, 0.1) is 11.8 Å². The van der Waals surface area contributed by atoms with Crippen LogP contribution in [0.4, 0.5) is 13.2 Å². The lowest BCUT2D eigenvalue weighted by Gasteiger charge is -2.33. The van der Waals surface area contributed by atoms with Gasteiger partial charge in [-0.2, -0.15) is 13.2 Å². The second-order valence-electron chi connectivity index (χ2n) is 7.92. The van der Waals surface area contributed by atoms with Crippen LogP contribution >= 0.6 is 0 Å². The van der Waals surface area contributed by atoms with Crippen LogP contribution in [-0.4, -0.2) is 54.1 Å². The Hall–Kier alpha value is -1.35. The first-order valence-corrected chi connectivity index (χ1v) is 10.4. The van der Waals surface area contributed by atoms with E-state index in [-0.39, 0.29) is 17.7 Å². The number of hydrogen-bond acceptors (Lipinski definition) is 4. The van der Waals surface area contributed by atoms with E-state index < -0.39 is 36.6 Å². The molecule has 0 saturated carbocycles. The highest BCUT2D eigenvalue weighted by molar-refractivity contribution is 5.89. The molecular weight excluding hydrogens is 385 g/mol. The summed E-state index contributed by atoms with van der Waals surface area (Å²) in [7, 11) is 0. The van der Waals surface area contributed by atoms with Gasteiger partial charge in [-0.1, -0.05) is 48.0 Å².